The van der Waals surface area contributed by atoms with Crippen molar-refractivity contribution in [3.63, 3.8) is 0 Å². The third kappa shape index (κ3) is 4.01. The zero-order valence-electron chi connectivity index (χ0n) is 17.7. The molecule has 154 valence electrons. The van der Waals surface area contributed by atoms with Crippen LogP contribution < -0.4 is 5.32 Å². The molecular formula is C24H31N3O2. The largest absolute Gasteiger partial charge is 0.354 e. The summed E-state index contributed by atoms with van der Waals surface area (Å²) in [5.74, 6) is 0.0194. The van der Waals surface area contributed by atoms with Crippen LogP contribution in [-0.2, 0) is 6.42 Å². The van der Waals surface area contributed by atoms with Gasteiger partial charge in [-0.2, -0.15) is 0 Å². The number of carbonyl (C=O) groups excluding carboxylic acids is 2. The van der Waals surface area contributed by atoms with E-state index in [1.165, 1.54) is 18.4 Å². The van der Waals surface area contributed by atoms with Gasteiger partial charge in [-0.3, -0.25) is 14.5 Å². The van der Waals surface area contributed by atoms with E-state index in [1.807, 2.05) is 13.0 Å². The number of aromatic amines is 1. The Morgan fingerprint density at radius 2 is 1.86 bits per heavy atom. The average molecular weight is 394 g/mol. The highest BCUT2D eigenvalue weighted by Gasteiger charge is 2.35. The van der Waals surface area contributed by atoms with Crippen molar-refractivity contribution in [2.75, 3.05) is 19.6 Å². The van der Waals surface area contributed by atoms with E-state index in [-0.39, 0.29) is 23.1 Å². The number of aromatic nitrogens is 1. The van der Waals surface area contributed by atoms with Crippen molar-refractivity contribution in [2.45, 2.75) is 52.5 Å². The molecule has 1 aromatic carbocycles. The van der Waals surface area contributed by atoms with E-state index < -0.39 is 0 Å². The summed E-state index contributed by atoms with van der Waals surface area (Å²) in [6.07, 6.45) is 3.74. The summed E-state index contributed by atoms with van der Waals surface area (Å²) in [5.41, 5.74) is 4.13. The highest BCUT2D eigenvalue weighted by molar-refractivity contribution is 6.04. The first-order chi connectivity index (χ1) is 13.9. The van der Waals surface area contributed by atoms with Gasteiger partial charge in [-0.1, -0.05) is 44.2 Å². The van der Waals surface area contributed by atoms with Crippen molar-refractivity contribution < 1.29 is 9.59 Å². The van der Waals surface area contributed by atoms with E-state index >= 15 is 0 Å². The van der Waals surface area contributed by atoms with Crippen LogP contribution in [-0.4, -0.2) is 41.2 Å². The van der Waals surface area contributed by atoms with E-state index in [0.717, 1.165) is 36.3 Å². The zero-order chi connectivity index (χ0) is 20.6. The molecule has 0 bridgehead atoms. The fourth-order valence-electron chi connectivity index (χ4n) is 4.92. The quantitative estimate of drug-likeness (QED) is 0.806. The summed E-state index contributed by atoms with van der Waals surface area (Å²) >= 11 is 0. The van der Waals surface area contributed by atoms with Gasteiger partial charge in [0, 0.05) is 24.2 Å². The number of rotatable bonds is 5. The van der Waals surface area contributed by atoms with Crippen molar-refractivity contribution >= 4 is 11.7 Å². The van der Waals surface area contributed by atoms with Gasteiger partial charge in [0.1, 0.15) is 5.69 Å². The molecular weight excluding hydrogens is 362 g/mol. The maximum absolute atomic E-state index is 13.0. The molecule has 29 heavy (non-hydrogen) atoms. The first-order valence-electron chi connectivity index (χ1n) is 10.7. The van der Waals surface area contributed by atoms with Crippen molar-refractivity contribution in [2.24, 2.45) is 5.41 Å². The first-order valence-corrected chi connectivity index (χ1v) is 10.7. The SMILES string of the molecule is Cc1c(C(=O)NCC(c2ccccc2)N2CCCC2)[nH]c2c1C(=O)CC(C)(C)C2. The van der Waals surface area contributed by atoms with Crippen LogP contribution in [0.1, 0.15) is 76.8 Å². The molecule has 1 atom stereocenters. The van der Waals surface area contributed by atoms with Crippen LogP contribution in [0.5, 0.6) is 0 Å². The van der Waals surface area contributed by atoms with Crippen LogP contribution in [0.25, 0.3) is 0 Å². The van der Waals surface area contributed by atoms with Crippen LogP contribution in [0.3, 0.4) is 0 Å². The highest BCUT2D eigenvalue weighted by atomic mass is 16.2. The molecule has 5 nitrogen and oxygen atoms in total. The second-order valence-electron chi connectivity index (χ2n) is 9.30. The second kappa shape index (κ2) is 7.79. The molecule has 1 aliphatic heterocycles. The fourth-order valence-corrected chi connectivity index (χ4v) is 4.92. The Morgan fingerprint density at radius 3 is 2.55 bits per heavy atom. The summed E-state index contributed by atoms with van der Waals surface area (Å²) in [5, 5.41) is 3.14. The molecule has 2 heterocycles. The number of nitrogens with one attached hydrogen (secondary N) is 2. The molecule has 1 aromatic heterocycles. The van der Waals surface area contributed by atoms with Gasteiger partial charge in [-0.25, -0.2) is 0 Å². The fraction of sp³-hybridized carbons (Fsp3) is 0.500. The van der Waals surface area contributed by atoms with E-state index in [2.05, 4.69) is 53.3 Å². The van der Waals surface area contributed by atoms with E-state index in [1.54, 1.807) is 0 Å². The number of amides is 1. The summed E-state index contributed by atoms with van der Waals surface area (Å²) in [6, 6.07) is 10.6. The summed E-state index contributed by atoms with van der Waals surface area (Å²) < 4.78 is 0. The Balaban J connectivity index is 1.53. The molecule has 0 spiro atoms. The topological polar surface area (TPSA) is 65.2 Å². The minimum atomic E-state index is -0.123. The molecule has 1 unspecified atom stereocenters. The molecule has 4 rings (SSSR count). The Bertz CT molecular complexity index is 908. The Hall–Kier alpha value is -2.40. The molecule has 1 amide bonds. The van der Waals surface area contributed by atoms with Crippen LogP contribution in [0.4, 0.5) is 0 Å². The smallest absolute Gasteiger partial charge is 0.268 e. The lowest BCUT2D eigenvalue weighted by molar-refractivity contribution is 0.0908. The number of hydrogen-bond donors (Lipinski definition) is 2. The maximum atomic E-state index is 13.0. The molecule has 0 radical (unpaired) electrons. The minimum Gasteiger partial charge on any atom is -0.354 e. The van der Waals surface area contributed by atoms with Gasteiger partial charge >= 0.3 is 0 Å². The molecule has 2 N–H and O–H groups in total. The van der Waals surface area contributed by atoms with Gasteiger partial charge in [0.2, 0.25) is 0 Å². The number of nitrogens with zero attached hydrogens (tertiary/aromatic N) is 1. The van der Waals surface area contributed by atoms with Gasteiger partial charge in [0.05, 0.1) is 6.04 Å². The van der Waals surface area contributed by atoms with Crippen molar-refractivity contribution in [1.82, 2.24) is 15.2 Å². The number of hydrogen-bond acceptors (Lipinski definition) is 3. The Morgan fingerprint density at radius 1 is 1.17 bits per heavy atom. The van der Waals surface area contributed by atoms with Gasteiger partial charge in [-0.15, -0.1) is 0 Å². The number of Topliss-reactive ketones (excluding diaryl/α,β-unsaturated/α-hetero) is 1. The van der Waals surface area contributed by atoms with Crippen molar-refractivity contribution in [1.29, 1.82) is 0 Å². The Labute approximate surface area is 172 Å². The number of fused-ring (bicyclic) bond motifs is 1. The minimum absolute atomic E-state index is 0.0662. The normalized spacial score (nSPS) is 19.8. The molecule has 1 saturated heterocycles. The van der Waals surface area contributed by atoms with Crippen LogP contribution in [0, 0.1) is 12.3 Å². The molecule has 1 aliphatic carbocycles. The molecule has 2 aliphatic rings. The van der Waals surface area contributed by atoms with E-state index in [4.69, 9.17) is 0 Å². The maximum Gasteiger partial charge on any atom is 0.268 e. The molecule has 1 fully saturated rings. The van der Waals surface area contributed by atoms with Gasteiger partial charge in [0.15, 0.2) is 5.78 Å². The van der Waals surface area contributed by atoms with Crippen LogP contribution >= 0.6 is 0 Å². The number of ketones is 1. The summed E-state index contributed by atoms with van der Waals surface area (Å²) in [4.78, 5) is 31.4. The summed E-state index contributed by atoms with van der Waals surface area (Å²) in [7, 11) is 0. The average Bonchev–Trinajstić information content (AvgIpc) is 3.30. The predicted molar refractivity (Wildman–Crippen MR) is 114 cm³/mol. The first kappa shape index (κ1) is 19.9. The number of carbonyl (C=O) groups is 2. The van der Waals surface area contributed by atoms with Gasteiger partial charge in [0.25, 0.3) is 5.91 Å². The molecule has 5 heteroatoms. The lowest BCUT2D eigenvalue weighted by Crippen LogP contribution is -2.37. The third-order valence-corrected chi connectivity index (χ3v) is 6.35. The number of benzene rings is 1. The van der Waals surface area contributed by atoms with Crippen molar-refractivity contribution in [3.8, 4) is 0 Å². The lowest BCUT2D eigenvalue weighted by Gasteiger charge is -2.28. The highest BCUT2D eigenvalue weighted by Crippen LogP contribution is 2.36. The monoisotopic (exact) mass is 393 g/mol. The molecule has 0 saturated carbocycles. The third-order valence-electron chi connectivity index (χ3n) is 6.35. The number of likely N-dealkylation sites (tertiary alicyclic amines) is 1. The predicted octanol–water partition coefficient (Wildman–Crippen LogP) is 4.05. The van der Waals surface area contributed by atoms with E-state index in [0.29, 0.717) is 18.7 Å². The summed E-state index contributed by atoms with van der Waals surface area (Å²) in [6.45, 7) is 8.78. The molecule has 2 aromatic rings. The van der Waals surface area contributed by atoms with E-state index in [9.17, 15) is 9.59 Å². The van der Waals surface area contributed by atoms with Gasteiger partial charge in [-0.05, 0) is 55.8 Å². The van der Waals surface area contributed by atoms with Crippen LogP contribution in [0.2, 0.25) is 0 Å². The number of H-pyrrole nitrogens is 1. The standard InChI is InChI=1S/C24H31N3O2/c1-16-21-18(13-24(2,3)14-20(21)28)26-22(16)23(29)25-15-19(27-11-7-8-12-27)17-9-5-4-6-10-17/h4-6,9-10,19,26H,7-8,11-15H2,1-3H3,(H,25,29). The lowest BCUT2D eigenvalue weighted by atomic mass is 9.75. The van der Waals surface area contributed by atoms with Crippen molar-refractivity contribution in [3.05, 3.63) is 58.4 Å². The Kier molecular flexibility index (Phi) is 5.34. The zero-order valence-corrected chi connectivity index (χ0v) is 17.7. The second-order valence-corrected chi connectivity index (χ2v) is 9.30. The van der Waals surface area contributed by atoms with Crippen LogP contribution in [0.15, 0.2) is 30.3 Å². The van der Waals surface area contributed by atoms with Gasteiger partial charge < -0.3 is 10.3 Å².